The highest BCUT2D eigenvalue weighted by Crippen LogP contribution is 2.27. The molecule has 0 aromatic carbocycles. The zero-order valence-corrected chi connectivity index (χ0v) is 10.4. The van der Waals surface area contributed by atoms with Crippen molar-refractivity contribution >= 4 is 11.6 Å². The van der Waals surface area contributed by atoms with Crippen molar-refractivity contribution in [3.63, 3.8) is 0 Å². The molecule has 4 heteroatoms. The Morgan fingerprint density at radius 1 is 1.47 bits per heavy atom. The minimum Gasteiger partial charge on any atom is -0.323 e. The van der Waals surface area contributed by atoms with Crippen molar-refractivity contribution in [2.45, 2.75) is 33.6 Å². The van der Waals surface area contributed by atoms with Crippen LogP contribution in [0.4, 0.5) is 5.69 Å². The smallest absolute Gasteiger partial charge is 0.244 e. The molecule has 0 fully saturated rings. The number of amides is 1. The predicted octanol–water partition coefficient (Wildman–Crippen LogP) is 2.66. The predicted molar refractivity (Wildman–Crippen MR) is 66.2 cm³/mol. The summed E-state index contributed by atoms with van der Waals surface area (Å²) >= 11 is 0. The topological polar surface area (TPSA) is 65.8 Å². The van der Waals surface area contributed by atoms with Crippen LogP contribution in [0.3, 0.4) is 0 Å². The van der Waals surface area contributed by atoms with Gasteiger partial charge in [-0.1, -0.05) is 13.8 Å². The summed E-state index contributed by atoms with van der Waals surface area (Å²) in [5, 5.41) is 11.9. The molecule has 1 rings (SSSR count). The summed E-state index contributed by atoms with van der Waals surface area (Å²) in [6, 6.07) is 5.72. The van der Waals surface area contributed by atoms with Gasteiger partial charge in [0.05, 0.1) is 18.0 Å². The van der Waals surface area contributed by atoms with E-state index < -0.39 is 5.41 Å². The quantitative estimate of drug-likeness (QED) is 0.866. The van der Waals surface area contributed by atoms with Gasteiger partial charge < -0.3 is 5.32 Å². The standard InChI is InChI=1S/C13H17N3O/c1-4-13(5-2,9-14)12(17)16-11-7-6-10(3)15-8-11/h6-8H,4-5H2,1-3H3,(H,16,17). The van der Waals surface area contributed by atoms with Crippen LogP contribution in [-0.4, -0.2) is 10.9 Å². The lowest BCUT2D eigenvalue weighted by Crippen LogP contribution is -2.33. The van der Waals surface area contributed by atoms with E-state index in [9.17, 15) is 4.79 Å². The average molecular weight is 231 g/mol. The molecule has 1 amide bonds. The van der Waals surface area contributed by atoms with E-state index in [-0.39, 0.29) is 5.91 Å². The molecule has 0 atom stereocenters. The van der Waals surface area contributed by atoms with Gasteiger partial charge in [0.2, 0.25) is 5.91 Å². The van der Waals surface area contributed by atoms with Gasteiger partial charge in [0, 0.05) is 5.69 Å². The molecular weight excluding hydrogens is 214 g/mol. The number of pyridine rings is 1. The second-order valence-corrected chi connectivity index (χ2v) is 4.04. The van der Waals surface area contributed by atoms with Gasteiger partial charge in [-0.25, -0.2) is 0 Å². The van der Waals surface area contributed by atoms with E-state index in [1.165, 1.54) is 0 Å². The van der Waals surface area contributed by atoms with E-state index in [4.69, 9.17) is 5.26 Å². The second kappa shape index (κ2) is 5.44. The first kappa shape index (κ1) is 13.2. The van der Waals surface area contributed by atoms with Crippen molar-refractivity contribution in [2.24, 2.45) is 5.41 Å². The maximum Gasteiger partial charge on any atom is 0.244 e. The molecule has 0 unspecified atom stereocenters. The first-order chi connectivity index (χ1) is 8.07. The second-order valence-electron chi connectivity index (χ2n) is 4.04. The van der Waals surface area contributed by atoms with Gasteiger partial charge >= 0.3 is 0 Å². The molecule has 1 N–H and O–H groups in total. The number of nitrogens with zero attached hydrogens (tertiary/aromatic N) is 2. The van der Waals surface area contributed by atoms with E-state index in [1.807, 2.05) is 26.8 Å². The lowest BCUT2D eigenvalue weighted by molar-refractivity contribution is -0.123. The van der Waals surface area contributed by atoms with Gasteiger partial charge in [0.1, 0.15) is 5.41 Å². The molecule has 0 aliphatic rings. The zero-order valence-electron chi connectivity index (χ0n) is 10.4. The number of nitrogens with one attached hydrogen (secondary N) is 1. The molecule has 1 heterocycles. The molecule has 1 aromatic rings. The number of anilines is 1. The molecule has 0 aliphatic heterocycles. The molecule has 0 spiro atoms. The number of hydrogen-bond donors (Lipinski definition) is 1. The lowest BCUT2D eigenvalue weighted by atomic mass is 9.83. The normalized spacial score (nSPS) is 10.7. The van der Waals surface area contributed by atoms with Crippen molar-refractivity contribution < 1.29 is 4.79 Å². The Labute approximate surface area is 102 Å². The third kappa shape index (κ3) is 2.82. The van der Waals surface area contributed by atoms with Gasteiger partial charge in [0.25, 0.3) is 0 Å². The maximum absolute atomic E-state index is 12.1. The Bertz CT molecular complexity index is 427. The van der Waals surface area contributed by atoms with Crippen LogP contribution in [-0.2, 0) is 4.79 Å². The van der Waals surface area contributed by atoms with Crippen LogP contribution < -0.4 is 5.32 Å². The Balaban J connectivity index is 2.85. The molecule has 0 saturated carbocycles. The highest BCUT2D eigenvalue weighted by atomic mass is 16.2. The summed E-state index contributed by atoms with van der Waals surface area (Å²) in [5.74, 6) is -0.254. The van der Waals surface area contributed by atoms with Crippen molar-refractivity contribution in [3.8, 4) is 6.07 Å². The SMILES string of the molecule is CCC(C#N)(CC)C(=O)Nc1ccc(C)nc1. The van der Waals surface area contributed by atoms with Crippen LogP contribution in [0.1, 0.15) is 32.4 Å². The van der Waals surface area contributed by atoms with Gasteiger partial charge in [-0.3, -0.25) is 9.78 Å². The fraction of sp³-hybridized carbons (Fsp3) is 0.462. The van der Waals surface area contributed by atoms with Crippen LogP contribution >= 0.6 is 0 Å². The molecule has 4 nitrogen and oxygen atoms in total. The minimum absolute atomic E-state index is 0.254. The van der Waals surface area contributed by atoms with Crippen LogP contribution in [0.25, 0.3) is 0 Å². The summed E-state index contributed by atoms with van der Waals surface area (Å²) in [6.45, 7) is 5.57. The maximum atomic E-state index is 12.1. The van der Waals surface area contributed by atoms with Crippen LogP contribution in [0, 0.1) is 23.7 Å². The summed E-state index contributed by atoms with van der Waals surface area (Å²) in [5.41, 5.74) is 0.577. The van der Waals surface area contributed by atoms with Crippen LogP contribution in [0.2, 0.25) is 0 Å². The highest BCUT2D eigenvalue weighted by Gasteiger charge is 2.34. The summed E-state index contributed by atoms with van der Waals surface area (Å²) in [7, 11) is 0. The number of aryl methyl sites for hydroxylation is 1. The van der Waals surface area contributed by atoms with Gasteiger partial charge in [-0.05, 0) is 31.9 Å². The Hall–Kier alpha value is -1.89. The number of nitriles is 1. The van der Waals surface area contributed by atoms with E-state index in [0.717, 1.165) is 5.69 Å². The van der Waals surface area contributed by atoms with Crippen molar-refractivity contribution in [2.75, 3.05) is 5.32 Å². The molecule has 1 aromatic heterocycles. The summed E-state index contributed by atoms with van der Waals surface area (Å²) in [6.07, 6.45) is 2.61. The Morgan fingerprint density at radius 3 is 2.53 bits per heavy atom. The van der Waals surface area contributed by atoms with E-state index in [1.54, 1.807) is 12.3 Å². The van der Waals surface area contributed by atoms with Crippen molar-refractivity contribution in [3.05, 3.63) is 24.0 Å². The third-order valence-electron chi connectivity index (χ3n) is 3.03. The number of carbonyl (C=O) groups excluding carboxylic acids is 1. The molecule has 0 radical (unpaired) electrons. The molecule has 90 valence electrons. The monoisotopic (exact) mass is 231 g/mol. The molecule has 0 bridgehead atoms. The minimum atomic E-state index is -0.940. The van der Waals surface area contributed by atoms with Gasteiger partial charge in [-0.15, -0.1) is 0 Å². The number of aromatic nitrogens is 1. The largest absolute Gasteiger partial charge is 0.323 e. The fourth-order valence-corrected chi connectivity index (χ4v) is 1.57. The summed E-state index contributed by atoms with van der Waals surface area (Å²) < 4.78 is 0. The lowest BCUT2D eigenvalue weighted by Gasteiger charge is -2.21. The van der Waals surface area contributed by atoms with E-state index in [0.29, 0.717) is 18.5 Å². The van der Waals surface area contributed by atoms with E-state index in [2.05, 4.69) is 16.4 Å². The first-order valence-corrected chi connectivity index (χ1v) is 5.73. The molecule has 17 heavy (non-hydrogen) atoms. The van der Waals surface area contributed by atoms with Crippen LogP contribution in [0.15, 0.2) is 18.3 Å². The van der Waals surface area contributed by atoms with Crippen molar-refractivity contribution in [1.82, 2.24) is 4.98 Å². The third-order valence-corrected chi connectivity index (χ3v) is 3.03. The summed E-state index contributed by atoms with van der Waals surface area (Å²) in [4.78, 5) is 16.1. The Morgan fingerprint density at radius 2 is 2.12 bits per heavy atom. The number of carbonyl (C=O) groups is 1. The molecule has 0 aliphatic carbocycles. The van der Waals surface area contributed by atoms with Gasteiger partial charge in [0.15, 0.2) is 0 Å². The number of hydrogen-bond acceptors (Lipinski definition) is 3. The fourth-order valence-electron chi connectivity index (χ4n) is 1.57. The first-order valence-electron chi connectivity index (χ1n) is 5.73. The van der Waals surface area contributed by atoms with E-state index >= 15 is 0 Å². The molecular formula is C13H17N3O. The van der Waals surface area contributed by atoms with Crippen molar-refractivity contribution in [1.29, 1.82) is 5.26 Å². The highest BCUT2D eigenvalue weighted by molar-refractivity contribution is 5.97. The Kier molecular flexibility index (Phi) is 4.22. The van der Waals surface area contributed by atoms with Crippen LogP contribution in [0.5, 0.6) is 0 Å². The molecule has 0 saturated heterocycles. The average Bonchev–Trinajstić information content (AvgIpc) is 2.35. The number of rotatable bonds is 4. The van der Waals surface area contributed by atoms with Gasteiger partial charge in [-0.2, -0.15) is 5.26 Å². The zero-order chi connectivity index (χ0) is 12.9.